The van der Waals surface area contributed by atoms with Crippen LogP contribution in [0.15, 0.2) is 18.2 Å². The molecule has 0 bridgehead atoms. The lowest BCUT2D eigenvalue weighted by Gasteiger charge is -2.44. The zero-order valence-electron chi connectivity index (χ0n) is 18.7. The second-order valence-corrected chi connectivity index (χ2v) is 9.23. The second-order valence-electron chi connectivity index (χ2n) is 9.23. The first-order chi connectivity index (χ1) is 16.1. The van der Waals surface area contributed by atoms with Crippen LogP contribution in [-0.4, -0.2) is 49.6 Å². The molecule has 11 heteroatoms. The number of rotatable bonds is 8. The standard InChI is InChI=1S/C23H29F3N4O4/c24-23(25,26)16-11-15(7-8-17(16)30-9-10-34-12-18(30)31)28-22(33)20(21(27)32)29-19(13-3-1-4-13)14-5-2-6-14/h7-8,11,13-14,19-20,29H,1-6,9-10,12H2,(H2,27,32)(H,28,33)/t20-/m0/s1. The average Bonchev–Trinajstić information content (AvgIpc) is 2.68. The minimum Gasteiger partial charge on any atom is -0.370 e. The Balaban J connectivity index is 1.53. The van der Waals surface area contributed by atoms with Gasteiger partial charge in [-0.2, -0.15) is 13.2 Å². The number of alkyl halides is 3. The number of benzene rings is 1. The van der Waals surface area contributed by atoms with Crippen LogP contribution < -0.4 is 21.3 Å². The topological polar surface area (TPSA) is 114 Å². The van der Waals surface area contributed by atoms with E-state index < -0.39 is 35.5 Å². The van der Waals surface area contributed by atoms with Crippen molar-refractivity contribution in [3.05, 3.63) is 23.8 Å². The summed E-state index contributed by atoms with van der Waals surface area (Å²) in [6, 6.07) is 1.80. The molecule has 3 fully saturated rings. The van der Waals surface area contributed by atoms with Crippen molar-refractivity contribution in [1.29, 1.82) is 0 Å². The number of nitrogens with one attached hydrogen (secondary N) is 2. The first-order valence-corrected chi connectivity index (χ1v) is 11.6. The maximum absolute atomic E-state index is 13.8. The number of amides is 3. The Morgan fingerprint density at radius 3 is 2.26 bits per heavy atom. The molecule has 1 heterocycles. The molecule has 4 rings (SSSR count). The van der Waals surface area contributed by atoms with E-state index in [1.807, 2.05) is 0 Å². The van der Waals surface area contributed by atoms with E-state index in [1.165, 1.54) is 6.07 Å². The highest BCUT2D eigenvalue weighted by Gasteiger charge is 2.40. The molecule has 1 saturated heterocycles. The second kappa shape index (κ2) is 9.91. The third-order valence-electron chi connectivity index (χ3n) is 7.07. The smallest absolute Gasteiger partial charge is 0.370 e. The number of hydrogen-bond acceptors (Lipinski definition) is 5. The van der Waals surface area contributed by atoms with Gasteiger partial charge in [0.1, 0.15) is 6.61 Å². The SMILES string of the molecule is NC(=O)[C@H](NC(C1CCC1)C1CCC1)C(=O)Nc1ccc(N2CCOCC2=O)c(C(F)(F)F)c1. The van der Waals surface area contributed by atoms with Crippen molar-refractivity contribution in [2.75, 3.05) is 30.0 Å². The highest BCUT2D eigenvalue weighted by Crippen LogP contribution is 2.41. The van der Waals surface area contributed by atoms with Crippen LogP contribution in [-0.2, 0) is 25.3 Å². The molecule has 8 nitrogen and oxygen atoms in total. The number of ether oxygens (including phenoxy) is 1. The first-order valence-electron chi connectivity index (χ1n) is 11.6. The molecular formula is C23H29F3N4O4. The van der Waals surface area contributed by atoms with Gasteiger partial charge in [-0.25, -0.2) is 0 Å². The van der Waals surface area contributed by atoms with Gasteiger partial charge < -0.3 is 20.7 Å². The van der Waals surface area contributed by atoms with Crippen molar-refractivity contribution >= 4 is 29.1 Å². The van der Waals surface area contributed by atoms with E-state index in [-0.39, 0.29) is 37.2 Å². The normalized spacial score (nSPS) is 20.6. The summed E-state index contributed by atoms with van der Waals surface area (Å²) in [6.07, 6.45) is 1.48. The van der Waals surface area contributed by atoms with Crippen LogP contribution in [0.4, 0.5) is 24.5 Å². The summed E-state index contributed by atoms with van der Waals surface area (Å²) in [4.78, 5) is 38.1. The molecule has 0 aromatic heterocycles. The highest BCUT2D eigenvalue weighted by molar-refractivity contribution is 6.09. The van der Waals surface area contributed by atoms with Crippen LogP contribution in [0.25, 0.3) is 0 Å². The van der Waals surface area contributed by atoms with Gasteiger partial charge in [0.25, 0.3) is 11.8 Å². The fourth-order valence-electron chi connectivity index (χ4n) is 4.80. The molecule has 1 aromatic carbocycles. The fourth-order valence-corrected chi connectivity index (χ4v) is 4.80. The number of anilines is 2. The Morgan fingerprint density at radius 2 is 1.76 bits per heavy atom. The van der Waals surface area contributed by atoms with Crippen molar-refractivity contribution in [3.8, 4) is 0 Å². The number of carbonyl (C=O) groups excluding carboxylic acids is 3. The summed E-state index contributed by atoms with van der Waals surface area (Å²) >= 11 is 0. The average molecular weight is 483 g/mol. The van der Waals surface area contributed by atoms with Gasteiger partial charge in [0.05, 0.1) is 17.9 Å². The molecule has 0 unspecified atom stereocenters. The molecule has 1 aliphatic heterocycles. The third-order valence-corrected chi connectivity index (χ3v) is 7.07. The Kier molecular flexibility index (Phi) is 7.13. The van der Waals surface area contributed by atoms with Gasteiger partial charge in [-0.05, 0) is 55.7 Å². The molecule has 3 aliphatic rings. The van der Waals surface area contributed by atoms with Crippen molar-refractivity contribution in [2.45, 2.75) is 56.8 Å². The number of halogens is 3. The van der Waals surface area contributed by atoms with Crippen LogP contribution in [0, 0.1) is 11.8 Å². The van der Waals surface area contributed by atoms with Gasteiger partial charge >= 0.3 is 6.18 Å². The number of morpholine rings is 1. The minimum atomic E-state index is -4.77. The van der Waals surface area contributed by atoms with Gasteiger partial charge in [0.2, 0.25) is 5.91 Å². The number of hydrogen-bond donors (Lipinski definition) is 3. The molecule has 186 valence electrons. The van der Waals surface area contributed by atoms with E-state index in [1.54, 1.807) is 0 Å². The molecule has 2 aliphatic carbocycles. The van der Waals surface area contributed by atoms with Crippen molar-refractivity contribution in [1.82, 2.24) is 5.32 Å². The maximum Gasteiger partial charge on any atom is 0.418 e. The first kappa shape index (κ1) is 24.5. The number of nitrogens with two attached hydrogens (primary N) is 1. The van der Waals surface area contributed by atoms with Crippen molar-refractivity contribution in [3.63, 3.8) is 0 Å². The molecule has 0 spiro atoms. The van der Waals surface area contributed by atoms with Crippen LogP contribution in [0.5, 0.6) is 0 Å². The molecule has 1 aromatic rings. The molecule has 3 amide bonds. The summed E-state index contributed by atoms with van der Waals surface area (Å²) in [7, 11) is 0. The number of nitrogens with zero attached hydrogens (tertiary/aromatic N) is 1. The zero-order valence-corrected chi connectivity index (χ0v) is 18.7. The van der Waals surface area contributed by atoms with Crippen LogP contribution >= 0.6 is 0 Å². The van der Waals surface area contributed by atoms with Gasteiger partial charge in [-0.3, -0.25) is 19.7 Å². The lowest BCUT2D eigenvalue weighted by Crippen LogP contribution is -2.58. The van der Waals surface area contributed by atoms with Crippen molar-refractivity contribution in [2.24, 2.45) is 17.6 Å². The summed E-state index contributed by atoms with van der Waals surface area (Å²) in [5, 5.41) is 5.52. The summed E-state index contributed by atoms with van der Waals surface area (Å²) in [6.45, 7) is -0.188. The van der Waals surface area contributed by atoms with E-state index in [4.69, 9.17) is 10.5 Å². The van der Waals surface area contributed by atoms with E-state index in [0.717, 1.165) is 55.6 Å². The highest BCUT2D eigenvalue weighted by atomic mass is 19.4. The zero-order chi connectivity index (χ0) is 24.5. The van der Waals surface area contributed by atoms with E-state index in [0.29, 0.717) is 11.8 Å². The van der Waals surface area contributed by atoms with Gasteiger partial charge in [0, 0.05) is 18.3 Å². The maximum atomic E-state index is 13.8. The van der Waals surface area contributed by atoms with Gasteiger partial charge in [0.15, 0.2) is 6.04 Å². The van der Waals surface area contributed by atoms with Crippen molar-refractivity contribution < 1.29 is 32.3 Å². The summed E-state index contributed by atoms with van der Waals surface area (Å²) in [5.41, 5.74) is 3.99. The molecule has 34 heavy (non-hydrogen) atoms. The van der Waals surface area contributed by atoms with E-state index in [2.05, 4.69) is 10.6 Å². The Bertz CT molecular complexity index is 933. The largest absolute Gasteiger partial charge is 0.418 e. The molecular weight excluding hydrogens is 453 g/mol. The summed E-state index contributed by atoms with van der Waals surface area (Å²) < 4.78 is 46.4. The minimum absolute atomic E-state index is 0.00892. The van der Waals surface area contributed by atoms with Crippen LogP contribution in [0.3, 0.4) is 0 Å². The van der Waals surface area contributed by atoms with Crippen LogP contribution in [0.1, 0.15) is 44.1 Å². The monoisotopic (exact) mass is 482 g/mol. The van der Waals surface area contributed by atoms with E-state index in [9.17, 15) is 27.6 Å². The quantitative estimate of drug-likeness (QED) is 0.493. The Labute approximate surface area is 195 Å². The molecule has 1 atom stereocenters. The molecule has 2 saturated carbocycles. The number of primary amides is 1. The third kappa shape index (κ3) is 5.20. The number of carbonyl (C=O) groups is 3. The molecule has 0 radical (unpaired) electrons. The summed E-state index contributed by atoms with van der Waals surface area (Å²) in [5.74, 6) is -1.54. The Hall–Kier alpha value is -2.66. The predicted octanol–water partition coefficient (Wildman–Crippen LogP) is 2.42. The Morgan fingerprint density at radius 1 is 1.12 bits per heavy atom. The van der Waals surface area contributed by atoms with E-state index >= 15 is 0 Å². The fraction of sp³-hybridized carbons (Fsp3) is 0.609. The van der Waals surface area contributed by atoms with Gasteiger partial charge in [-0.15, -0.1) is 0 Å². The predicted molar refractivity (Wildman–Crippen MR) is 118 cm³/mol. The van der Waals surface area contributed by atoms with Gasteiger partial charge in [-0.1, -0.05) is 12.8 Å². The molecule has 4 N–H and O–H groups in total. The van der Waals surface area contributed by atoms with Crippen LogP contribution in [0.2, 0.25) is 0 Å². The lowest BCUT2D eigenvalue weighted by molar-refractivity contribution is -0.137. The lowest BCUT2D eigenvalue weighted by atomic mass is 9.68.